The fraction of sp³-hybridized carbons (Fsp3) is 0.417. The van der Waals surface area contributed by atoms with Crippen molar-refractivity contribution in [3.63, 3.8) is 0 Å². The van der Waals surface area contributed by atoms with Gasteiger partial charge in [0.2, 0.25) is 5.91 Å². The molecular formula is C24H30N4O. The van der Waals surface area contributed by atoms with Gasteiger partial charge < -0.3 is 16.0 Å². The van der Waals surface area contributed by atoms with Gasteiger partial charge >= 0.3 is 0 Å². The lowest BCUT2D eigenvalue weighted by atomic mass is 9.64. The maximum atomic E-state index is 12.1. The van der Waals surface area contributed by atoms with Crippen LogP contribution in [0.1, 0.15) is 49.7 Å². The summed E-state index contributed by atoms with van der Waals surface area (Å²) in [6, 6.07) is 18.8. The molecule has 0 saturated heterocycles. The number of amides is 1. The van der Waals surface area contributed by atoms with Crippen molar-refractivity contribution in [1.29, 1.82) is 0 Å². The Morgan fingerprint density at radius 2 is 1.86 bits per heavy atom. The Balaban J connectivity index is 1.45. The van der Waals surface area contributed by atoms with Crippen LogP contribution in [0, 0.1) is 0 Å². The van der Waals surface area contributed by atoms with E-state index in [0.29, 0.717) is 13.0 Å². The Morgan fingerprint density at radius 1 is 1.10 bits per heavy atom. The molecule has 0 spiro atoms. The highest BCUT2D eigenvalue weighted by molar-refractivity contribution is 5.94. The molecule has 2 aromatic carbocycles. The zero-order valence-electron chi connectivity index (χ0n) is 17.1. The first-order chi connectivity index (χ1) is 14.2. The van der Waals surface area contributed by atoms with Gasteiger partial charge in [-0.2, -0.15) is 0 Å². The zero-order valence-corrected chi connectivity index (χ0v) is 17.1. The summed E-state index contributed by atoms with van der Waals surface area (Å²) in [4.78, 5) is 17.0. The third-order valence-corrected chi connectivity index (χ3v) is 6.20. The first kappa shape index (κ1) is 19.5. The second kappa shape index (κ2) is 8.68. The Morgan fingerprint density at radius 3 is 2.59 bits per heavy atom. The lowest BCUT2D eigenvalue weighted by molar-refractivity contribution is -0.116. The van der Waals surface area contributed by atoms with Gasteiger partial charge in [-0.3, -0.25) is 9.79 Å². The van der Waals surface area contributed by atoms with Crippen LogP contribution in [0.25, 0.3) is 0 Å². The molecule has 1 unspecified atom stereocenters. The third-order valence-electron chi connectivity index (χ3n) is 6.20. The molecule has 2 aliphatic rings. The number of aliphatic imine (C=N–C) groups is 1. The van der Waals surface area contributed by atoms with Crippen LogP contribution >= 0.6 is 0 Å². The molecule has 0 radical (unpaired) electrons. The molecule has 2 aromatic rings. The predicted molar refractivity (Wildman–Crippen MR) is 118 cm³/mol. The molecule has 152 valence electrons. The minimum absolute atomic E-state index is 0.0786. The minimum Gasteiger partial charge on any atom is -0.357 e. The number of rotatable bonds is 6. The number of fused-ring (bicyclic) bond motifs is 1. The molecule has 1 aliphatic carbocycles. The van der Waals surface area contributed by atoms with Gasteiger partial charge in [-0.25, -0.2) is 0 Å². The first-order valence-electron chi connectivity index (χ1n) is 10.7. The molecule has 0 aromatic heterocycles. The lowest BCUT2D eigenvalue weighted by Gasteiger charge is -2.41. The molecule has 5 heteroatoms. The van der Waals surface area contributed by atoms with Crippen LogP contribution in [0.5, 0.6) is 0 Å². The lowest BCUT2D eigenvalue weighted by Crippen LogP contribution is -2.43. The maximum absolute atomic E-state index is 12.1. The average molecular weight is 391 g/mol. The van der Waals surface area contributed by atoms with Crippen molar-refractivity contribution in [2.75, 3.05) is 25.0 Å². The van der Waals surface area contributed by atoms with E-state index in [9.17, 15) is 4.79 Å². The van der Waals surface area contributed by atoms with E-state index < -0.39 is 0 Å². The fourth-order valence-electron chi connectivity index (χ4n) is 4.41. The summed E-state index contributed by atoms with van der Waals surface area (Å²) in [5, 5.41) is 9.82. The fourth-order valence-corrected chi connectivity index (χ4v) is 4.41. The highest BCUT2D eigenvalue weighted by Gasteiger charge is 2.38. The van der Waals surface area contributed by atoms with Gasteiger partial charge in [0.15, 0.2) is 5.96 Å². The SMILES string of the molecule is CCNC(=NCC1(c2ccccc2)CCC1)NCC1CC(=O)Nc2ccccc21. The molecule has 0 bridgehead atoms. The number of nitrogens with one attached hydrogen (secondary N) is 3. The average Bonchev–Trinajstić information content (AvgIpc) is 2.71. The number of hydrogen-bond donors (Lipinski definition) is 3. The van der Waals surface area contributed by atoms with E-state index in [1.807, 2.05) is 18.2 Å². The van der Waals surface area contributed by atoms with Crippen molar-refractivity contribution < 1.29 is 4.79 Å². The summed E-state index contributed by atoms with van der Waals surface area (Å²) in [5.41, 5.74) is 3.68. The summed E-state index contributed by atoms with van der Waals surface area (Å²) in [5.74, 6) is 1.06. The number of nitrogens with zero attached hydrogens (tertiary/aromatic N) is 1. The van der Waals surface area contributed by atoms with Crippen LogP contribution in [-0.4, -0.2) is 31.5 Å². The largest absolute Gasteiger partial charge is 0.357 e. The van der Waals surface area contributed by atoms with Crippen molar-refractivity contribution >= 4 is 17.6 Å². The van der Waals surface area contributed by atoms with E-state index in [2.05, 4.69) is 59.3 Å². The molecule has 3 N–H and O–H groups in total. The van der Waals surface area contributed by atoms with Gasteiger partial charge in [0, 0.05) is 36.5 Å². The number of anilines is 1. The molecule has 1 heterocycles. The molecule has 1 aliphatic heterocycles. The van der Waals surface area contributed by atoms with Crippen LogP contribution < -0.4 is 16.0 Å². The summed E-state index contributed by atoms with van der Waals surface area (Å²) >= 11 is 0. The molecule has 1 amide bonds. The van der Waals surface area contributed by atoms with Crippen LogP contribution in [-0.2, 0) is 10.2 Å². The monoisotopic (exact) mass is 390 g/mol. The standard InChI is InChI=1S/C24H30N4O/c1-2-25-23(27-17-24(13-8-14-24)19-9-4-3-5-10-19)26-16-18-15-22(29)28-21-12-7-6-11-20(18)21/h3-7,9-12,18H,2,8,13-17H2,1H3,(H,28,29)(H2,25,26,27). The number of carbonyl (C=O) groups excluding carboxylic acids is 1. The quantitative estimate of drug-likeness (QED) is 0.519. The highest BCUT2D eigenvalue weighted by Crippen LogP contribution is 2.43. The first-order valence-corrected chi connectivity index (χ1v) is 10.7. The van der Waals surface area contributed by atoms with Gasteiger partial charge in [0.25, 0.3) is 0 Å². The van der Waals surface area contributed by atoms with Crippen LogP contribution in [0.2, 0.25) is 0 Å². The maximum Gasteiger partial charge on any atom is 0.225 e. The number of para-hydroxylation sites is 1. The number of guanidine groups is 1. The van der Waals surface area contributed by atoms with E-state index in [1.165, 1.54) is 30.4 Å². The normalized spacial score (nSPS) is 20.2. The second-order valence-corrected chi connectivity index (χ2v) is 8.11. The van der Waals surface area contributed by atoms with Crippen LogP contribution in [0.4, 0.5) is 5.69 Å². The van der Waals surface area contributed by atoms with Gasteiger partial charge in [0.1, 0.15) is 0 Å². The van der Waals surface area contributed by atoms with Crippen LogP contribution in [0.3, 0.4) is 0 Å². The van der Waals surface area contributed by atoms with Crippen molar-refractivity contribution in [3.8, 4) is 0 Å². The summed E-state index contributed by atoms with van der Waals surface area (Å²) in [6.07, 6.45) is 4.14. The molecule has 4 rings (SSSR count). The smallest absolute Gasteiger partial charge is 0.225 e. The van der Waals surface area contributed by atoms with Crippen LogP contribution in [0.15, 0.2) is 59.6 Å². The van der Waals surface area contributed by atoms with Gasteiger partial charge in [-0.05, 0) is 37.0 Å². The molecule has 1 fully saturated rings. The van der Waals surface area contributed by atoms with Crippen molar-refractivity contribution in [1.82, 2.24) is 10.6 Å². The van der Waals surface area contributed by atoms with Gasteiger partial charge in [0.05, 0.1) is 6.54 Å². The second-order valence-electron chi connectivity index (χ2n) is 8.11. The Labute approximate surface area is 173 Å². The van der Waals surface area contributed by atoms with E-state index in [-0.39, 0.29) is 17.2 Å². The molecule has 5 nitrogen and oxygen atoms in total. The van der Waals surface area contributed by atoms with E-state index in [4.69, 9.17) is 4.99 Å². The van der Waals surface area contributed by atoms with E-state index >= 15 is 0 Å². The van der Waals surface area contributed by atoms with Gasteiger partial charge in [-0.15, -0.1) is 0 Å². The molecular weight excluding hydrogens is 360 g/mol. The van der Waals surface area contributed by atoms with Crippen molar-refractivity contribution in [3.05, 3.63) is 65.7 Å². The summed E-state index contributed by atoms with van der Waals surface area (Å²) in [7, 11) is 0. The molecule has 29 heavy (non-hydrogen) atoms. The Kier molecular flexibility index (Phi) is 5.84. The Hall–Kier alpha value is -2.82. The van der Waals surface area contributed by atoms with Gasteiger partial charge in [-0.1, -0.05) is 55.0 Å². The zero-order chi connectivity index (χ0) is 20.1. The topological polar surface area (TPSA) is 65.5 Å². The minimum atomic E-state index is 0.0786. The number of benzene rings is 2. The number of carbonyl (C=O) groups is 1. The third kappa shape index (κ3) is 4.29. The van der Waals surface area contributed by atoms with Crippen molar-refractivity contribution in [2.45, 2.75) is 43.9 Å². The summed E-state index contributed by atoms with van der Waals surface area (Å²) < 4.78 is 0. The van der Waals surface area contributed by atoms with Crippen molar-refractivity contribution in [2.24, 2.45) is 4.99 Å². The van der Waals surface area contributed by atoms with E-state index in [1.54, 1.807) is 0 Å². The molecule has 1 atom stereocenters. The number of hydrogen-bond acceptors (Lipinski definition) is 2. The van der Waals surface area contributed by atoms with E-state index in [0.717, 1.165) is 24.7 Å². The highest BCUT2D eigenvalue weighted by atomic mass is 16.1. The Bertz CT molecular complexity index is 873. The molecule has 1 saturated carbocycles. The summed E-state index contributed by atoms with van der Waals surface area (Å²) in [6.45, 7) is 4.37. The predicted octanol–water partition coefficient (Wildman–Crippen LogP) is 3.79.